The monoisotopic (exact) mass is 405 g/mol. The molecule has 1 N–H and O–H groups in total. The van der Waals surface area contributed by atoms with Gasteiger partial charge in [-0.3, -0.25) is 9.78 Å². The van der Waals surface area contributed by atoms with E-state index in [1.807, 2.05) is 0 Å². The van der Waals surface area contributed by atoms with Crippen LogP contribution in [0.2, 0.25) is 0 Å². The van der Waals surface area contributed by atoms with Crippen LogP contribution in [0.1, 0.15) is 54.1 Å². The molecule has 1 amide bonds. The van der Waals surface area contributed by atoms with Crippen LogP contribution in [0.3, 0.4) is 0 Å². The van der Waals surface area contributed by atoms with Gasteiger partial charge in [0.15, 0.2) is 5.72 Å². The average Bonchev–Trinajstić information content (AvgIpc) is 3.08. The Balaban J connectivity index is 1.93. The number of pyridine rings is 1. The fourth-order valence-electron chi connectivity index (χ4n) is 3.27. The molecule has 1 atom stereocenters. The lowest BCUT2D eigenvalue weighted by Gasteiger charge is -2.31. The Hall–Kier alpha value is -2.74. The number of aromatic nitrogens is 1. The van der Waals surface area contributed by atoms with E-state index in [9.17, 15) is 23.1 Å². The average molecular weight is 405 g/mol. The molecular weight excluding hydrogens is 383 g/mol. The smallest absolute Gasteiger partial charge is 0.365 e. The van der Waals surface area contributed by atoms with E-state index in [1.165, 1.54) is 24.5 Å². The third-order valence-electron chi connectivity index (χ3n) is 4.90. The maximum absolute atomic E-state index is 13.3. The van der Waals surface area contributed by atoms with Crippen LogP contribution in [0.5, 0.6) is 0 Å². The molecule has 0 aliphatic carbocycles. The Kier molecular flexibility index (Phi) is 6.02. The van der Waals surface area contributed by atoms with Crippen molar-refractivity contribution in [2.24, 2.45) is 5.10 Å². The largest absolute Gasteiger partial charge is 0.431 e. The van der Waals surface area contributed by atoms with Crippen molar-refractivity contribution in [3.8, 4) is 0 Å². The number of hydrogen-bond donors (Lipinski definition) is 1. The van der Waals surface area contributed by atoms with Crippen LogP contribution >= 0.6 is 0 Å². The predicted molar refractivity (Wildman–Crippen MR) is 102 cm³/mol. The first kappa shape index (κ1) is 21.0. The summed E-state index contributed by atoms with van der Waals surface area (Å²) in [5.41, 5.74) is -2.19. The van der Waals surface area contributed by atoms with Crippen molar-refractivity contribution in [1.82, 2.24) is 9.99 Å². The minimum absolute atomic E-state index is 0.0364. The standard InChI is InChI=1S/C21H22F3N3O2/c1-2-3-4-6-15-8-10-17(11-9-15)20(29)13-18(21(22,23)24)26-27(20)19(28)16-7-5-12-25-14-16/h5,7-12,14,29H,2-4,6,13H2,1H3/t20-/m1/s1. The molecule has 2 heterocycles. The minimum atomic E-state index is -4.75. The summed E-state index contributed by atoms with van der Waals surface area (Å²) in [5.74, 6) is -0.855. The highest BCUT2D eigenvalue weighted by molar-refractivity contribution is 5.99. The quantitative estimate of drug-likeness (QED) is 0.724. The zero-order valence-electron chi connectivity index (χ0n) is 16.0. The van der Waals surface area contributed by atoms with Gasteiger partial charge in [-0.05, 0) is 30.5 Å². The summed E-state index contributed by atoms with van der Waals surface area (Å²) >= 11 is 0. The Labute approximate surface area is 166 Å². The molecule has 0 unspecified atom stereocenters. The van der Waals surface area contributed by atoms with Crippen LogP contribution in [0.4, 0.5) is 13.2 Å². The number of carbonyl (C=O) groups excluding carboxylic acids is 1. The van der Waals surface area contributed by atoms with Gasteiger partial charge in [0, 0.05) is 18.0 Å². The fraction of sp³-hybridized carbons (Fsp3) is 0.381. The van der Waals surface area contributed by atoms with Crippen molar-refractivity contribution < 1.29 is 23.1 Å². The van der Waals surface area contributed by atoms with Gasteiger partial charge in [-0.25, -0.2) is 0 Å². The summed E-state index contributed by atoms with van der Waals surface area (Å²) in [6.45, 7) is 2.10. The van der Waals surface area contributed by atoms with Gasteiger partial charge in [-0.1, -0.05) is 44.0 Å². The summed E-state index contributed by atoms with van der Waals surface area (Å²) < 4.78 is 39.9. The van der Waals surface area contributed by atoms with Crippen molar-refractivity contribution in [2.75, 3.05) is 0 Å². The Morgan fingerprint density at radius 2 is 1.93 bits per heavy atom. The summed E-state index contributed by atoms with van der Waals surface area (Å²) in [4.78, 5) is 16.6. The van der Waals surface area contributed by atoms with E-state index in [1.54, 1.807) is 24.3 Å². The highest BCUT2D eigenvalue weighted by Gasteiger charge is 2.53. The molecule has 1 aliphatic heterocycles. The fourth-order valence-corrected chi connectivity index (χ4v) is 3.27. The number of benzene rings is 1. The lowest BCUT2D eigenvalue weighted by Crippen LogP contribution is -2.43. The second kappa shape index (κ2) is 8.32. The molecule has 0 saturated carbocycles. The molecule has 0 spiro atoms. The Morgan fingerprint density at radius 3 is 2.52 bits per heavy atom. The maximum atomic E-state index is 13.3. The zero-order chi connectivity index (χ0) is 21.1. The normalized spacial score (nSPS) is 19.3. The summed E-state index contributed by atoms with van der Waals surface area (Å²) in [6.07, 6.45) is 1.09. The van der Waals surface area contributed by atoms with Gasteiger partial charge in [-0.2, -0.15) is 23.3 Å². The maximum Gasteiger partial charge on any atom is 0.431 e. The number of hydrazone groups is 1. The summed E-state index contributed by atoms with van der Waals surface area (Å²) in [5, 5.41) is 15.1. The highest BCUT2D eigenvalue weighted by atomic mass is 19.4. The van der Waals surface area contributed by atoms with Gasteiger partial charge < -0.3 is 5.11 Å². The van der Waals surface area contributed by atoms with E-state index in [0.717, 1.165) is 31.2 Å². The lowest BCUT2D eigenvalue weighted by molar-refractivity contribution is -0.0816. The number of carbonyl (C=O) groups is 1. The Morgan fingerprint density at radius 1 is 1.21 bits per heavy atom. The number of hydrogen-bond acceptors (Lipinski definition) is 4. The molecule has 0 saturated heterocycles. The van der Waals surface area contributed by atoms with Gasteiger partial charge in [0.05, 0.1) is 12.0 Å². The van der Waals surface area contributed by atoms with Crippen LogP contribution in [-0.4, -0.2) is 32.9 Å². The van der Waals surface area contributed by atoms with E-state index in [0.29, 0.717) is 5.01 Å². The molecule has 3 rings (SSSR count). The van der Waals surface area contributed by atoms with Crippen molar-refractivity contribution in [3.05, 3.63) is 65.5 Å². The first-order valence-electron chi connectivity index (χ1n) is 9.47. The minimum Gasteiger partial charge on any atom is -0.365 e. The zero-order valence-corrected chi connectivity index (χ0v) is 16.0. The van der Waals surface area contributed by atoms with Gasteiger partial charge in [0.1, 0.15) is 5.71 Å². The predicted octanol–water partition coefficient (Wildman–Crippen LogP) is 4.42. The molecule has 1 aliphatic rings. The number of amides is 1. The summed E-state index contributed by atoms with van der Waals surface area (Å²) in [7, 11) is 0. The van der Waals surface area contributed by atoms with Gasteiger partial charge in [0.25, 0.3) is 5.91 Å². The van der Waals surface area contributed by atoms with Crippen LogP contribution in [-0.2, 0) is 12.1 Å². The van der Waals surface area contributed by atoms with E-state index in [4.69, 9.17) is 0 Å². The number of nitrogens with zero attached hydrogens (tertiary/aromatic N) is 3. The second-order valence-corrected chi connectivity index (χ2v) is 7.05. The molecule has 1 aromatic carbocycles. The first-order valence-corrected chi connectivity index (χ1v) is 9.47. The van der Waals surface area contributed by atoms with Crippen LogP contribution in [0.25, 0.3) is 0 Å². The molecule has 0 radical (unpaired) electrons. The van der Waals surface area contributed by atoms with Gasteiger partial charge >= 0.3 is 6.18 Å². The molecule has 2 aromatic rings. The van der Waals surface area contributed by atoms with Crippen LogP contribution in [0.15, 0.2) is 53.9 Å². The highest BCUT2D eigenvalue weighted by Crippen LogP contribution is 2.40. The molecular formula is C21H22F3N3O2. The van der Waals surface area contributed by atoms with Crippen molar-refractivity contribution in [1.29, 1.82) is 0 Å². The number of aliphatic hydroxyl groups is 1. The Bertz CT molecular complexity index is 882. The molecule has 1 aromatic heterocycles. The first-order chi connectivity index (χ1) is 13.8. The molecule has 8 heteroatoms. The number of rotatable bonds is 6. The molecule has 0 fully saturated rings. The topological polar surface area (TPSA) is 65.8 Å². The van der Waals surface area contributed by atoms with Crippen molar-refractivity contribution in [3.63, 3.8) is 0 Å². The van der Waals surface area contributed by atoms with Crippen LogP contribution < -0.4 is 0 Å². The lowest BCUT2D eigenvalue weighted by atomic mass is 9.94. The number of unbranched alkanes of at least 4 members (excludes halogenated alkanes) is 2. The summed E-state index contributed by atoms with van der Waals surface area (Å²) in [6, 6.07) is 9.54. The van der Waals surface area contributed by atoms with Gasteiger partial charge in [-0.15, -0.1) is 0 Å². The molecule has 5 nitrogen and oxygen atoms in total. The molecule has 0 bridgehead atoms. The van der Waals surface area contributed by atoms with E-state index in [2.05, 4.69) is 17.0 Å². The number of aryl methyl sites for hydroxylation is 1. The van der Waals surface area contributed by atoms with Gasteiger partial charge in [0.2, 0.25) is 0 Å². The number of alkyl halides is 3. The third kappa shape index (κ3) is 4.48. The van der Waals surface area contributed by atoms with Crippen molar-refractivity contribution >= 4 is 11.6 Å². The third-order valence-corrected chi connectivity index (χ3v) is 4.90. The second-order valence-electron chi connectivity index (χ2n) is 7.05. The van der Waals surface area contributed by atoms with E-state index < -0.39 is 29.9 Å². The SMILES string of the molecule is CCCCCc1ccc([C@]2(O)CC(C(F)(F)F)=NN2C(=O)c2cccnc2)cc1. The molecule has 29 heavy (non-hydrogen) atoms. The van der Waals surface area contributed by atoms with Crippen LogP contribution in [0, 0.1) is 0 Å². The van der Waals surface area contributed by atoms with Crippen molar-refractivity contribution in [2.45, 2.75) is 50.9 Å². The number of halogens is 3. The van der Waals surface area contributed by atoms with E-state index in [-0.39, 0.29) is 11.1 Å². The van der Waals surface area contributed by atoms with E-state index >= 15 is 0 Å². The molecule has 154 valence electrons.